The van der Waals surface area contributed by atoms with Crippen LogP contribution in [0.2, 0.25) is 0 Å². The van der Waals surface area contributed by atoms with Crippen LogP contribution in [-0.2, 0) is 14.8 Å². The maximum absolute atomic E-state index is 12.9. The molecule has 0 saturated heterocycles. The summed E-state index contributed by atoms with van der Waals surface area (Å²) in [5.74, 6) is -0.362. The average Bonchev–Trinajstić information content (AvgIpc) is 3.20. The van der Waals surface area contributed by atoms with E-state index in [4.69, 9.17) is 9.84 Å². The molecule has 1 aromatic heterocycles. The first-order valence-corrected chi connectivity index (χ1v) is 10.4. The summed E-state index contributed by atoms with van der Waals surface area (Å²) in [4.78, 5) is 10.6. The van der Waals surface area contributed by atoms with E-state index in [0.29, 0.717) is 29.1 Å². The standard InChI is InChI=1S/C20H21N3O5S/c1-15-14-16(9-10-19(15)28-13-4-8-20(24)25)29(26,27)22-17-6-2-3-7-18(17)23-12-5-11-21-23/h2-3,5-7,9-12,14,22H,4,8,13H2,1H3,(H,24,25). The highest BCUT2D eigenvalue weighted by molar-refractivity contribution is 7.92. The Balaban J connectivity index is 1.77. The van der Waals surface area contributed by atoms with Crippen LogP contribution in [0.3, 0.4) is 0 Å². The molecule has 3 aromatic rings. The number of carboxylic acids is 1. The molecule has 152 valence electrons. The maximum atomic E-state index is 12.9. The van der Waals surface area contributed by atoms with E-state index in [0.717, 1.165) is 0 Å². The molecule has 0 bridgehead atoms. The van der Waals surface area contributed by atoms with Crippen molar-refractivity contribution in [2.45, 2.75) is 24.7 Å². The number of hydrogen-bond donors (Lipinski definition) is 2. The number of aliphatic carboxylic acids is 1. The molecule has 2 aromatic carbocycles. The van der Waals surface area contributed by atoms with Crippen molar-refractivity contribution in [3.63, 3.8) is 0 Å². The fourth-order valence-corrected chi connectivity index (χ4v) is 3.89. The number of aromatic nitrogens is 2. The monoisotopic (exact) mass is 415 g/mol. The molecule has 0 aliphatic rings. The van der Waals surface area contributed by atoms with Crippen LogP contribution < -0.4 is 9.46 Å². The number of para-hydroxylation sites is 2. The summed E-state index contributed by atoms with van der Waals surface area (Å²) in [5.41, 5.74) is 1.66. The molecular formula is C20H21N3O5S. The van der Waals surface area contributed by atoms with Gasteiger partial charge >= 0.3 is 5.97 Å². The Morgan fingerprint density at radius 1 is 1.21 bits per heavy atom. The van der Waals surface area contributed by atoms with Crippen LogP contribution in [0.1, 0.15) is 18.4 Å². The van der Waals surface area contributed by atoms with E-state index in [-0.39, 0.29) is 17.9 Å². The summed E-state index contributed by atoms with van der Waals surface area (Å²) in [7, 11) is -3.83. The Bertz CT molecular complexity index is 1100. The number of anilines is 1. The molecule has 9 heteroatoms. The van der Waals surface area contributed by atoms with Gasteiger partial charge in [0.25, 0.3) is 10.0 Å². The molecule has 3 rings (SSSR count). The lowest BCUT2D eigenvalue weighted by Gasteiger charge is -2.14. The van der Waals surface area contributed by atoms with E-state index in [2.05, 4.69) is 9.82 Å². The second-order valence-electron chi connectivity index (χ2n) is 6.35. The van der Waals surface area contributed by atoms with Crippen LogP contribution >= 0.6 is 0 Å². The zero-order chi connectivity index (χ0) is 20.9. The van der Waals surface area contributed by atoms with Gasteiger partial charge in [0.05, 0.1) is 22.9 Å². The SMILES string of the molecule is Cc1cc(S(=O)(=O)Nc2ccccc2-n2cccn2)ccc1OCCCC(=O)O. The number of sulfonamides is 1. The normalized spacial score (nSPS) is 11.2. The molecule has 0 amide bonds. The summed E-state index contributed by atoms with van der Waals surface area (Å²) in [6.07, 6.45) is 3.74. The number of nitrogens with one attached hydrogen (secondary N) is 1. The lowest BCUT2D eigenvalue weighted by Crippen LogP contribution is -2.15. The second-order valence-corrected chi connectivity index (χ2v) is 8.03. The summed E-state index contributed by atoms with van der Waals surface area (Å²) >= 11 is 0. The van der Waals surface area contributed by atoms with Crippen molar-refractivity contribution in [2.75, 3.05) is 11.3 Å². The van der Waals surface area contributed by atoms with Gasteiger partial charge in [0.2, 0.25) is 0 Å². The van der Waals surface area contributed by atoms with Crippen molar-refractivity contribution in [1.82, 2.24) is 9.78 Å². The number of carbonyl (C=O) groups is 1. The fraction of sp³-hybridized carbons (Fsp3) is 0.200. The topological polar surface area (TPSA) is 111 Å². The van der Waals surface area contributed by atoms with Gasteiger partial charge in [-0.25, -0.2) is 13.1 Å². The van der Waals surface area contributed by atoms with Gasteiger partial charge in [0.1, 0.15) is 5.75 Å². The highest BCUT2D eigenvalue weighted by Gasteiger charge is 2.18. The summed E-state index contributed by atoms with van der Waals surface area (Å²) in [5, 5.41) is 12.8. The molecule has 0 radical (unpaired) electrons. The lowest BCUT2D eigenvalue weighted by atomic mass is 10.2. The van der Waals surface area contributed by atoms with Crippen molar-refractivity contribution in [1.29, 1.82) is 0 Å². The fourth-order valence-electron chi connectivity index (χ4n) is 2.73. The Kier molecular flexibility index (Phi) is 6.18. The Labute approximate surface area is 168 Å². The van der Waals surface area contributed by atoms with E-state index in [1.165, 1.54) is 12.1 Å². The van der Waals surface area contributed by atoms with Crippen LogP contribution in [0, 0.1) is 6.92 Å². The smallest absolute Gasteiger partial charge is 0.303 e. The number of hydrogen-bond acceptors (Lipinski definition) is 5. The quantitative estimate of drug-likeness (QED) is 0.519. The van der Waals surface area contributed by atoms with E-state index in [1.807, 2.05) is 0 Å². The van der Waals surface area contributed by atoms with Gasteiger partial charge in [0.15, 0.2) is 0 Å². The molecule has 0 spiro atoms. The average molecular weight is 415 g/mol. The summed E-state index contributed by atoms with van der Waals surface area (Å²) < 4.78 is 35.5. The molecule has 0 aliphatic heterocycles. The number of ether oxygens (including phenoxy) is 1. The number of aryl methyl sites for hydroxylation is 1. The Morgan fingerprint density at radius 3 is 2.69 bits per heavy atom. The highest BCUT2D eigenvalue weighted by Crippen LogP contribution is 2.26. The van der Waals surface area contributed by atoms with Crippen LogP contribution in [-0.4, -0.2) is 35.9 Å². The minimum Gasteiger partial charge on any atom is -0.493 e. The van der Waals surface area contributed by atoms with Crippen molar-refractivity contribution in [3.05, 3.63) is 66.5 Å². The third kappa shape index (κ3) is 5.14. The predicted molar refractivity (Wildman–Crippen MR) is 108 cm³/mol. The van der Waals surface area contributed by atoms with E-state index >= 15 is 0 Å². The first-order valence-electron chi connectivity index (χ1n) is 8.94. The maximum Gasteiger partial charge on any atom is 0.303 e. The zero-order valence-corrected chi connectivity index (χ0v) is 16.6. The van der Waals surface area contributed by atoms with Crippen molar-refractivity contribution in [3.8, 4) is 11.4 Å². The van der Waals surface area contributed by atoms with Crippen molar-refractivity contribution in [2.24, 2.45) is 0 Å². The van der Waals surface area contributed by atoms with Gasteiger partial charge in [-0.3, -0.25) is 9.52 Å². The number of rotatable bonds is 9. The summed E-state index contributed by atoms with van der Waals surface area (Å²) in [6, 6.07) is 13.3. The van der Waals surface area contributed by atoms with Crippen molar-refractivity contribution < 1.29 is 23.1 Å². The van der Waals surface area contributed by atoms with Gasteiger partial charge in [-0.05, 0) is 55.3 Å². The third-order valence-electron chi connectivity index (χ3n) is 4.15. The Hall–Kier alpha value is -3.33. The molecule has 0 saturated carbocycles. The van der Waals surface area contributed by atoms with E-state index in [9.17, 15) is 13.2 Å². The molecule has 0 fully saturated rings. The molecule has 2 N–H and O–H groups in total. The molecule has 8 nitrogen and oxygen atoms in total. The van der Waals surface area contributed by atoms with Crippen LogP contribution in [0.4, 0.5) is 5.69 Å². The summed E-state index contributed by atoms with van der Waals surface area (Å²) in [6.45, 7) is 1.98. The van der Waals surface area contributed by atoms with Gasteiger partial charge in [-0.15, -0.1) is 0 Å². The van der Waals surface area contributed by atoms with Gasteiger partial charge in [-0.2, -0.15) is 5.10 Å². The second kappa shape index (κ2) is 8.78. The minimum absolute atomic E-state index is 0.0189. The zero-order valence-electron chi connectivity index (χ0n) is 15.8. The Morgan fingerprint density at radius 2 is 2.00 bits per heavy atom. The number of benzene rings is 2. The molecule has 29 heavy (non-hydrogen) atoms. The van der Waals surface area contributed by atoms with Crippen LogP contribution in [0.15, 0.2) is 65.8 Å². The molecule has 0 atom stereocenters. The number of carboxylic acid groups (broad SMARTS) is 1. The number of nitrogens with zero attached hydrogens (tertiary/aromatic N) is 2. The molecule has 0 unspecified atom stereocenters. The van der Waals surface area contributed by atoms with Crippen LogP contribution in [0.5, 0.6) is 5.75 Å². The highest BCUT2D eigenvalue weighted by atomic mass is 32.2. The van der Waals surface area contributed by atoms with Gasteiger partial charge < -0.3 is 9.84 Å². The van der Waals surface area contributed by atoms with E-state index in [1.54, 1.807) is 60.4 Å². The first-order chi connectivity index (χ1) is 13.9. The van der Waals surface area contributed by atoms with Gasteiger partial charge in [-0.1, -0.05) is 12.1 Å². The predicted octanol–water partition coefficient (Wildman–Crippen LogP) is 3.23. The molecule has 1 heterocycles. The van der Waals surface area contributed by atoms with Crippen LogP contribution in [0.25, 0.3) is 5.69 Å². The minimum atomic E-state index is -3.83. The molecule has 0 aliphatic carbocycles. The first kappa shape index (κ1) is 20.4. The van der Waals surface area contributed by atoms with Crippen molar-refractivity contribution >= 4 is 21.7 Å². The lowest BCUT2D eigenvalue weighted by molar-refractivity contribution is -0.137. The van der Waals surface area contributed by atoms with Gasteiger partial charge in [0, 0.05) is 18.8 Å². The van der Waals surface area contributed by atoms with E-state index < -0.39 is 16.0 Å². The molecular weight excluding hydrogens is 394 g/mol. The third-order valence-corrected chi connectivity index (χ3v) is 5.51. The largest absolute Gasteiger partial charge is 0.493 e.